The molecular formula is C22H23NS. The van der Waals surface area contributed by atoms with Gasteiger partial charge < -0.3 is 0 Å². The lowest BCUT2D eigenvalue weighted by molar-refractivity contribution is 0.918. The molecule has 3 aromatic rings. The Bertz CT molecular complexity index is 791. The van der Waals surface area contributed by atoms with E-state index in [1.165, 1.54) is 32.7 Å². The van der Waals surface area contributed by atoms with Crippen molar-refractivity contribution in [1.82, 2.24) is 4.98 Å². The average molecular weight is 334 g/mol. The number of rotatable bonds is 5. The molecule has 0 saturated carbocycles. The van der Waals surface area contributed by atoms with Crippen molar-refractivity contribution in [2.45, 2.75) is 31.6 Å². The smallest absolute Gasteiger partial charge is 0.0270 e. The minimum Gasteiger partial charge on any atom is -0.265 e. The van der Waals surface area contributed by atoms with Crippen LogP contribution in [-0.2, 0) is 0 Å². The van der Waals surface area contributed by atoms with E-state index in [9.17, 15) is 0 Å². The quantitative estimate of drug-likeness (QED) is 0.537. The van der Waals surface area contributed by atoms with Crippen LogP contribution in [0.15, 0.2) is 71.9 Å². The minimum atomic E-state index is 0.375. The molecule has 1 nitrogen and oxygen atoms in total. The molecule has 0 spiro atoms. The summed E-state index contributed by atoms with van der Waals surface area (Å²) in [5, 5.41) is 0. The predicted molar refractivity (Wildman–Crippen MR) is 104 cm³/mol. The third kappa shape index (κ3) is 4.07. The average Bonchev–Trinajstić information content (AvgIpc) is 2.57. The molecule has 1 heterocycles. The summed E-state index contributed by atoms with van der Waals surface area (Å²) in [7, 11) is 0. The molecule has 1 atom stereocenters. The molecule has 0 aliphatic heterocycles. The number of pyridine rings is 1. The molecule has 0 bridgehead atoms. The summed E-state index contributed by atoms with van der Waals surface area (Å²) in [5.74, 6) is 1.40. The van der Waals surface area contributed by atoms with Crippen LogP contribution in [-0.4, -0.2) is 10.7 Å². The van der Waals surface area contributed by atoms with Crippen LogP contribution < -0.4 is 0 Å². The van der Waals surface area contributed by atoms with Gasteiger partial charge in [0.25, 0.3) is 0 Å². The van der Waals surface area contributed by atoms with Gasteiger partial charge in [-0.15, -0.1) is 11.8 Å². The normalized spacial score (nSPS) is 12.1. The maximum atomic E-state index is 4.18. The van der Waals surface area contributed by atoms with E-state index in [1.54, 1.807) is 0 Å². The van der Waals surface area contributed by atoms with Crippen LogP contribution in [0.3, 0.4) is 0 Å². The molecule has 0 fully saturated rings. The van der Waals surface area contributed by atoms with Crippen molar-refractivity contribution in [2.24, 2.45) is 0 Å². The van der Waals surface area contributed by atoms with Crippen LogP contribution >= 0.6 is 11.8 Å². The van der Waals surface area contributed by atoms with Gasteiger partial charge in [0.2, 0.25) is 0 Å². The summed E-state index contributed by atoms with van der Waals surface area (Å²) in [5.41, 5.74) is 6.74. The van der Waals surface area contributed by atoms with Crippen molar-refractivity contribution in [3.8, 4) is 0 Å². The highest BCUT2D eigenvalue weighted by atomic mass is 32.2. The molecule has 1 unspecified atom stereocenters. The summed E-state index contributed by atoms with van der Waals surface area (Å²) in [4.78, 5) is 5.53. The van der Waals surface area contributed by atoms with Crippen molar-refractivity contribution in [1.29, 1.82) is 0 Å². The Balaban J connectivity index is 1.90. The highest BCUT2D eigenvalue weighted by molar-refractivity contribution is 7.99. The first-order chi connectivity index (χ1) is 11.6. The molecule has 24 heavy (non-hydrogen) atoms. The van der Waals surface area contributed by atoms with E-state index in [1.807, 2.05) is 24.2 Å². The Hall–Kier alpha value is -2.06. The van der Waals surface area contributed by atoms with Gasteiger partial charge in [-0.1, -0.05) is 30.3 Å². The summed E-state index contributed by atoms with van der Waals surface area (Å²) < 4.78 is 0. The molecular weight excluding hydrogens is 310 g/mol. The van der Waals surface area contributed by atoms with E-state index >= 15 is 0 Å². The predicted octanol–water partition coefficient (Wildman–Crippen LogP) is 5.93. The van der Waals surface area contributed by atoms with Crippen LogP contribution in [0.1, 0.15) is 33.7 Å². The van der Waals surface area contributed by atoms with Gasteiger partial charge in [0.15, 0.2) is 0 Å². The standard InChI is InChI=1S/C22H23NS/c1-16-12-17(2)14-20(13-16)24-15-22(19-8-10-23-11-9-19)21-7-5-4-6-18(21)3/h4-14,22H,15H2,1-3H3. The summed E-state index contributed by atoms with van der Waals surface area (Å²) >= 11 is 1.93. The van der Waals surface area contributed by atoms with Crippen molar-refractivity contribution >= 4 is 11.8 Å². The van der Waals surface area contributed by atoms with Crippen molar-refractivity contribution in [3.63, 3.8) is 0 Å². The van der Waals surface area contributed by atoms with Crippen molar-refractivity contribution in [3.05, 3.63) is 94.8 Å². The fourth-order valence-electron chi connectivity index (χ4n) is 3.13. The van der Waals surface area contributed by atoms with E-state index in [2.05, 4.69) is 80.4 Å². The van der Waals surface area contributed by atoms with Gasteiger partial charge in [-0.25, -0.2) is 0 Å². The minimum absolute atomic E-state index is 0.375. The van der Waals surface area contributed by atoms with E-state index in [-0.39, 0.29) is 0 Å². The fourth-order valence-corrected chi connectivity index (χ4v) is 4.40. The summed E-state index contributed by atoms with van der Waals surface area (Å²) in [6, 6.07) is 19.8. The van der Waals surface area contributed by atoms with Gasteiger partial charge in [-0.2, -0.15) is 0 Å². The molecule has 3 rings (SSSR count). The third-order valence-electron chi connectivity index (χ3n) is 4.28. The van der Waals surface area contributed by atoms with Gasteiger partial charge in [0.05, 0.1) is 0 Å². The molecule has 1 aromatic heterocycles. The van der Waals surface area contributed by atoms with Gasteiger partial charge in [0.1, 0.15) is 0 Å². The Labute approximate surface area is 149 Å². The van der Waals surface area contributed by atoms with Crippen molar-refractivity contribution in [2.75, 3.05) is 5.75 Å². The first kappa shape index (κ1) is 16.8. The maximum Gasteiger partial charge on any atom is 0.0270 e. The van der Waals surface area contributed by atoms with Gasteiger partial charge >= 0.3 is 0 Å². The van der Waals surface area contributed by atoms with E-state index in [4.69, 9.17) is 0 Å². The Morgan fingerprint density at radius 1 is 0.875 bits per heavy atom. The topological polar surface area (TPSA) is 12.9 Å². The van der Waals surface area contributed by atoms with E-state index < -0.39 is 0 Å². The molecule has 0 aliphatic carbocycles. The number of aryl methyl sites for hydroxylation is 3. The van der Waals surface area contributed by atoms with Gasteiger partial charge in [-0.05, 0) is 72.9 Å². The van der Waals surface area contributed by atoms with Gasteiger partial charge in [-0.3, -0.25) is 4.98 Å². The molecule has 0 N–H and O–H groups in total. The lowest BCUT2D eigenvalue weighted by Gasteiger charge is -2.20. The zero-order valence-electron chi connectivity index (χ0n) is 14.5. The zero-order chi connectivity index (χ0) is 16.9. The molecule has 2 heteroatoms. The third-order valence-corrected chi connectivity index (χ3v) is 5.35. The van der Waals surface area contributed by atoms with Crippen molar-refractivity contribution < 1.29 is 0 Å². The number of nitrogens with zero attached hydrogens (tertiary/aromatic N) is 1. The SMILES string of the molecule is Cc1cc(C)cc(SCC(c2ccncc2)c2ccccc2C)c1. The molecule has 2 aromatic carbocycles. The second-order valence-electron chi connectivity index (χ2n) is 6.32. The van der Waals surface area contributed by atoms with Crippen LogP contribution in [0.2, 0.25) is 0 Å². The zero-order valence-corrected chi connectivity index (χ0v) is 15.3. The number of hydrogen-bond acceptors (Lipinski definition) is 2. The van der Waals surface area contributed by atoms with Crippen LogP contribution in [0.25, 0.3) is 0 Å². The lowest BCUT2D eigenvalue weighted by atomic mass is 9.90. The Kier molecular flexibility index (Phi) is 5.37. The molecule has 0 saturated heterocycles. The molecule has 0 radical (unpaired) electrons. The monoisotopic (exact) mass is 333 g/mol. The summed E-state index contributed by atoms with van der Waals surface area (Å²) in [6.45, 7) is 6.53. The number of hydrogen-bond donors (Lipinski definition) is 0. The van der Waals surface area contributed by atoms with E-state index in [0.29, 0.717) is 5.92 Å². The second-order valence-corrected chi connectivity index (χ2v) is 7.42. The highest BCUT2D eigenvalue weighted by Gasteiger charge is 2.16. The highest BCUT2D eigenvalue weighted by Crippen LogP contribution is 2.33. The second kappa shape index (κ2) is 7.67. The van der Waals surface area contributed by atoms with Crippen LogP contribution in [0, 0.1) is 20.8 Å². The largest absolute Gasteiger partial charge is 0.265 e. The number of aromatic nitrogens is 1. The van der Waals surface area contributed by atoms with Crippen LogP contribution in [0.4, 0.5) is 0 Å². The first-order valence-corrected chi connectivity index (χ1v) is 9.28. The van der Waals surface area contributed by atoms with Crippen LogP contribution in [0.5, 0.6) is 0 Å². The van der Waals surface area contributed by atoms with Gasteiger partial charge in [0, 0.05) is 29.0 Å². The number of thioether (sulfide) groups is 1. The summed E-state index contributed by atoms with van der Waals surface area (Å²) in [6.07, 6.45) is 3.78. The Morgan fingerprint density at radius 3 is 2.21 bits per heavy atom. The molecule has 0 aliphatic rings. The molecule has 0 amide bonds. The first-order valence-electron chi connectivity index (χ1n) is 8.30. The van der Waals surface area contributed by atoms with E-state index in [0.717, 1.165) is 5.75 Å². The molecule has 122 valence electrons. The Morgan fingerprint density at radius 2 is 1.54 bits per heavy atom. The lowest BCUT2D eigenvalue weighted by Crippen LogP contribution is -2.06. The fraction of sp³-hybridized carbons (Fsp3) is 0.227. The maximum absolute atomic E-state index is 4.18. The number of benzene rings is 2.